The van der Waals surface area contributed by atoms with Gasteiger partial charge in [-0.05, 0) is 48.9 Å². The van der Waals surface area contributed by atoms with Gasteiger partial charge in [0.05, 0.1) is 16.3 Å². The molecule has 1 amide bonds. The molecule has 0 unspecified atom stereocenters. The Labute approximate surface area is 184 Å². The maximum Gasteiger partial charge on any atom is 0.271 e. The number of carbonyl (C=O) groups excluding carboxylic acids is 1. The first-order valence-electron chi connectivity index (χ1n) is 10.1. The van der Waals surface area contributed by atoms with Gasteiger partial charge in [0.2, 0.25) is 0 Å². The summed E-state index contributed by atoms with van der Waals surface area (Å²) in [5.41, 5.74) is 3.45. The number of amidine groups is 1. The Morgan fingerprint density at radius 2 is 1.87 bits per heavy atom. The van der Waals surface area contributed by atoms with Crippen LogP contribution in [0.4, 0.5) is 17.1 Å². The Kier molecular flexibility index (Phi) is 5.90. The summed E-state index contributed by atoms with van der Waals surface area (Å²) in [4.78, 5) is 33.0. The summed E-state index contributed by atoms with van der Waals surface area (Å²) in [6.45, 7) is 5.31. The summed E-state index contributed by atoms with van der Waals surface area (Å²) < 4.78 is 0. The highest BCUT2D eigenvalue weighted by molar-refractivity contribution is 8.18. The number of fused-ring (bicyclic) bond motifs is 1. The van der Waals surface area contributed by atoms with E-state index in [1.54, 1.807) is 17.0 Å². The van der Waals surface area contributed by atoms with E-state index >= 15 is 0 Å². The fraction of sp³-hybridized carbons (Fsp3) is 0.217. The van der Waals surface area contributed by atoms with Gasteiger partial charge in [0.15, 0.2) is 5.17 Å². The van der Waals surface area contributed by atoms with Gasteiger partial charge < -0.3 is 4.90 Å². The number of benzene rings is 2. The SMILES string of the molecule is CCCN1C(=O)/C(=C2/C=Cc3ccccc3N2CC)SC1=Nc1cccc([N+](=O)[O-])c1. The van der Waals surface area contributed by atoms with Crippen LogP contribution in [0.5, 0.6) is 0 Å². The van der Waals surface area contributed by atoms with E-state index in [1.807, 2.05) is 31.2 Å². The quantitative estimate of drug-likeness (QED) is 0.361. The molecule has 0 radical (unpaired) electrons. The normalized spacial score (nSPS) is 19.3. The lowest BCUT2D eigenvalue weighted by atomic mass is 10.1. The van der Waals surface area contributed by atoms with Crippen molar-refractivity contribution in [2.75, 3.05) is 18.0 Å². The molecule has 1 fully saturated rings. The molecule has 2 aromatic carbocycles. The van der Waals surface area contributed by atoms with Crippen LogP contribution in [0.3, 0.4) is 0 Å². The number of hydrogen-bond acceptors (Lipinski definition) is 6. The second kappa shape index (κ2) is 8.77. The standard InChI is InChI=1S/C23H22N4O3S/c1-3-14-26-22(28)21(20-13-12-16-8-5-6-11-19(16)25(20)4-2)31-23(26)24-17-9-7-10-18(15-17)27(29)30/h5-13,15H,3-4,14H2,1-2H3/b21-20+,24-23?. The zero-order valence-corrected chi connectivity index (χ0v) is 18.1. The average molecular weight is 435 g/mol. The molecule has 31 heavy (non-hydrogen) atoms. The minimum atomic E-state index is -0.447. The number of non-ortho nitro benzene ring substituents is 1. The van der Waals surface area contributed by atoms with Crippen molar-refractivity contribution in [3.05, 3.63) is 80.9 Å². The number of allylic oxidation sites excluding steroid dienone is 1. The van der Waals surface area contributed by atoms with Crippen molar-refractivity contribution in [2.45, 2.75) is 20.3 Å². The van der Waals surface area contributed by atoms with Gasteiger partial charge in [-0.25, -0.2) is 4.99 Å². The van der Waals surface area contributed by atoms with E-state index in [0.717, 1.165) is 29.9 Å². The number of likely N-dealkylation sites (N-methyl/N-ethyl adjacent to an activating group) is 1. The van der Waals surface area contributed by atoms with E-state index in [0.29, 0.717) is 22.3 Å². The third-order valence-corrected chi connectivity index (χ3v) is 6.15. The summed E-state index contributed by atoms with van der Waals surface area (Å²) in [5, 5.41) is 11.6. The van der Waals surface area contributed by atoms with Gasteiger partial charge in [-0.2, -0.15) is 0 Å². The first-order chi connectivity index (χ1) is 15.0. The van der Waals surface area contributed by atoms with Crippen molar-refractivity contribution < 1.29 is 9.72 Å². The van der Waals surface area contributed by atoms with Crippen LogP contribution in [0, 0.1) is 10.1 Å². The number of anilines is 1. The highest BCUT2D eigenvalue weighted by Gasteiger charge is 2.36. The number of rotatable bonds is 5. The van der Waals surface area contributed by atoms with Gasteiger partial charge in [-0.15, -0.1) is 0 Å². The van der Waals surface area contributed by atoms with Gasteiger partial charge in [0.1, 0.15) is 4.91 Å². The number of nitro groups is 1. The lowest BCUT2D eigenvalue weighted by Gasteiger charge is -2.30. The number of nitro benzene ring substituents is 1. The maximum atomic E-state index is 13.3. The summed E-state index contributed by atoms with van der Waals surface area (Å²) in [6.07, 6.45) is 4.78. The van der Waals surface area contributed by atoms with E-state index in [4.69, 9.17) is 0 Å². The molecule has 158 valence electrons. The molecular weight excluding hydrogens is 412 g/mol. The largest absolute Gasteiger partial charge is 0.340 e. The molecule has 0 N–H and O–H groups in total. The van der Waals surface area contributed by atoms with Crippen molar-refractivity contribution in [2.24, 2.45) is 4.99 Å². The lowest BCUT2D eigenvalue weighted by molar-refractivity contribution is -0.384. The van der Waals surface area contributed by atoms with Crippen LogP contribution in [-0.4, -0.2) is 34.0 Å². The minimum absolute atomic E-state index is 0.0271. The third-order valence-electron chi connectivity index (χ3n) is 5.06. The van der Waals surface area contributed by atoms with Crippen LogP contribution in [0.15, 0.2) is 70.2 Å². The Morgan fingerprint density at radius 3 is 2.61 bits per heavy atom. The van der Waals surface area contributed by atoms with E-state index in [-0.39, 0.29) is 11.6 Å². The molecule has 2 aliphatic heterocycles. The fourth-order valence-electron chi connectivity index (χ4n) is 3.65. The molecule has 2 aliphatic rings. The summed E-state index contributed by atoms with van der Waals surface area (Å²) in [7, 11) is 0. The average Bonchev–Trinajstić information content (AvgIpc) is 3.08. The molecule has 0 aliphatic carbocycles. The molecule has 4 rings (SSSR count). The Balaban J connectivity index is 1.77. The van der Waals surface area contributed by atoms with Gasteiger partial charge in [0.25, 0.3) is 11.6 Å². The Morgan fingerprint density at radius 1 is 1.06 bits per heavy atom. The molecule has 0 bridgehead atoms. The summed E-state index contributed by atoms with van der Waals surface area (Å²) >= 11 is 1.32. The maximum absolute atomic E-state index is 13.3. The van der Waals surface area contributed by atoms with Crippen molar-refractivity contribution in [1.82, 2.24) is 4.90 Å². The molecule has 7 nitrogen and oxygen atoms in total. The van der Waals surface area contributed by atoms with E-state index in [9.17, 15) is 14.9 Å². The van der Waals surface area contributed by atoms with Gasteiger partial charge in [-0.1, -0.05) is 37.3 Å². The number of thioether (sulfide) groups is 1. The van der Waals surface area contributed by atoms with E-state index in [2.05, 4.69) is 28.9 Å². The monoisotopic (exact) mass is 434 g/mol. The summed E-state index contributed by atoms with van der Waals surface area (Å²) in [6, 6.07) is 14.2. The van der Waals surface area contributed by atoms with Crippen molar-refractivity contribution in [3.63, 3.8) is 0 Å². The Bertz CT molecular complexity index is 1140. The zero-order valence-electron chi connectivity index (χ0n) is 17.3. The molecule has 0 spiro atoms. The first kappa shape index (κ1) is 20.9. The molecule has 2 heterocycles. The van der Waals surface area contributed by atoms with Crippen LogP contribution >= 0.6 is 11.8 Å². The molecule has 0 atom stereocenters. The highest BCUT2D eigenvalue weighted by atomic mass is 32.2. The van der Waals surface area contributed by atoms with Crippen molar-refractivity contribution in [3.8, 4) is 0 Å². The van der Waals surface area contributed by atoms with E-state index < -0.39 is 4.92 Å². The molecule has 1 saturated heterocycles. The third kappa shape index (κ3) is 3.98. The fourth-order valence-corrected chi connectivity index (χ4v) is 4.75. The number of carbonyl (C=O) groups is 1. The molecule has 8 heteroatoms. The smallest absolute Gasteiger partial charge is 0.271 e. The van der Waals surface area contributed by atoms with E-state index in [1.165, 1.54) is 23.9 Å². The second-order valence-corrected chi connectivity index (χ2v) is 8.06. The van der Waals surface area contributed by atoms with Crippen LogP contribution < -0.4 is 4.90 Å². The van der Waals surface area contributed by atoms with Crippen LogP contribution in [0.25, 0.3) is 6.08 Å². The highest BCUT2D eigenvalue weighted by Crippen LogP contribution is 2.40. The Hall–Kier alpha value is -3.39. The first-order valence-corrected chi connectivity index (χ1v) is 11.0. The van der Waals surface area contributed by atoms with Crippen LogP contribution in [0.1, 0.15) is 25.8 Å². The molecule has 0 saturated carbocycles. The number of nitrogens with zero attached hydrogens (tertiary/aromatic N) is 4. The van der Waals surface area contributed by atoms with Gasteiger partial charge >= 0.3 is 0 Å². The van der Waals surface area contributed by atoms with Gasteiger partial charge in [-0.3, -0.25) is 19.8 Å². The predicted octanol–water partition coefficient (Wildman–Crippen LogP) is 5.33. The zero-order chi connectivity index (χ0) is 22.0. The second-order valence-electron chi connectivity index (χ2n) is 7.08. The number of hydrogen-bond donors (Lipinski definition) is 0. The van der Waals surface area contributed by atoms with Crippen molar-refractivity contribution in [1.29, 1.82) is 0 Å². The number of para-hydroxylation sites is 1. The van der Waals surface area contributed by atoms with Crippen molar-refractivity contribution >= 4 is 46.0 Å². The van der Waals surface area contributed by atoms with Crippen LogP contribution in [-0.2, 0) is 4.79 Å². The predicted molar refractivity (Wildman–Crippen MR) is 125 cm³/mol. The van der Waals surface area contributed by atoms with Gasteiger partial charge in [0, 0.05) is 30.9 Å². The molecule has 0 aromatic heterocycles. The molecular formula is C23H22N4O3S. The molecule has 2 aromatic rings. The number of amides is 1. The minimum Gasteiger partial charge on any atom is -0.340 e. The van der Waals surface area contributed by atoms with Crippen LogP contribution in [0.2, 0.25) is 0 Å². The topological polar surface area (TPSA) is 79.0 Å². The number of aliphatic imine (C=N–C) groups is 1. The summed E-state index contributed by atoms with van der Waals surface area (Å²) in [5.74, 6) is -0.0893. The lowest BCUT2D eigenvalue weighted by Crippen LogP contribution is -2.31.